The monoisotopic (exact) mass is 203 g/mol. The minimum absolute atomic E-state index is 0.315. The van der Waals surface area contributed by atoms with Crippen molar-refractivity contribution in [2.24, 2.45) is 0 Å². The van der Waals surface area contributed by atoms with E-state index in [-0.39, 0.29) is 0 Å². The Balaban J connectivity index is 2.12. The number of nitrogens with zero attached hydrogens (tertiary/aromatic N) is 1. The van der Waals surface area contributed by atoms with Crippen LogP contribution in [0.3, 0.4) is 0 Å². The minimum atomic E-state index is 0.315. The van der Waals surface area contributed by atoms with Crippen LogP contribution in [0.4, 0.5) is 0 Å². The van der Waals surface area contributed by atoms with Gasteiger partial charge in [-0.2, -0.15) is 11.8 Å². The first-order chi connectivity index (χ1) is 6.38. The van der Waals surface area contributed by atoms with Crippen LogP contribution in [0.25, 0.3) is 0 Å². The Morgan fingerprint density at radius 2 is 2.15 bits per heavy atom. The lowest BCUT2D eigenvalue weighted by Gasteiger charge is -2.37. The van der Waals surface area contributed by atoms with Crippen molar-refractivity contribution in [2.45, 2.75) is 31.7 Å². The van der Waals surface area contributed by atoms with E-state index in [1.807, 2.05) is 11.8 Å². The molecule has 0 heterocycles. The third-order valence-electron chi connectivity index (χ3n) is 2.77. The van der Waals surface area contributed by atoms with E-state index in [1.165, 1.54) is 38.0 Å². The first-order valence-corrected chi connectivity index (χ1v) is 6.61. The zero-order valence-corrected chi connectivity index (χ0v) is 9.35. The molecule has 0 spiro atoms. The van der Waals surface area contributed by atoms with Gasteiger partial charge >= 0.3 is 0 Å². The highest BCUT2D eigenvalue weighted by Gasteiger charge is 2.23. The Morgan fingerprint density at radius 1 is 1.38 bits per heavy atom. The van der Waals surface area contributed by atoms with Gasteiger partial charge in [0.15, 0.2) is 0 Å². The molecule has 0 saturated heterocycles. The molecule has 13 heavy (non-hydrogen) atoms. The van der Waals surface area contributed by atoms with Gasteiger partial charge in [0.05, 0.1) is 6.61 Å². The van der Waals surface area contributed by atoms with Crippen molar-refractivity contribution in [3.63, 3.8) is 0 Å². The number of aliphatic hydroxyl groups is 1. The van der Waals surface area contributed by atoms with Gasteiger partial charge in [-0.3, -0.25) is 4.90 Å². The third kappa shape index (κ3) is 3.88. The molecule has 0 amide bonds. The average molecular weight is 203 g/mol. The first kappa shape index (κ1) is 11.3. The molecule has 0 bridgehead atoms. The fourth-order valence-electron chi connectivity index (χ4n) is 1.77. The molecule has 1 N–H and O–H groups in total. The van der Waals surface area contributed by atoms with Gasteiger partial charge in [0.2, 0.25) is 0 Å². The van der Waals surface area contributed by atoms with Crippen LogP contribution in [0, 0.1) is 0 Å². The molecule has 2 nitrogen and oxygen atoms in total. The zero-order chi connectivity index (χ0) is 9.52. The summed E-state index contributed by atoms with van der Waals surface area (Å²) in [4.78, 5) is 2.46. The summed E-state index contributed by atoms with van der Waals surface area (Å²) >= 11 is 1.91. The molecule has 1 aliphatic rings. The summed E-state index contributed by atoms with van der Waals surface area (Å²) in [5, 5.41) is 8.91. The summed E-state index contributed by atoms with van der Waals surface area (Å²) in [6.07, 6.45) is 7.49. The van der Waals surface area contributed by atoms with Crippen molar-refractivity contribution >= 4 is 11.8 Å². The van der Waals surface area contributed by atoms with E-state index < -0.39 is 0 Å². The van der Waals surface area contributed by atoms with Crippen LogP contribution in [-0.2, 0) is 0 Å². The van der Waals surface area contributed by atoms with Crippen LogP contribution >= 0.6 is 11.8 Å². The van der Waals surface area contributed by atoms with Crippen molar-refractivity contribution < 1.29 is 5.11 Å². The van der Waals surface area contributed by atoms with Crippen molar-refractivity contribution in [2.75, 3.05) is 31.7 Å². The molecule has 1 rings (SSSR count). The molecule has 0 aromatic carbocycles. The van der Waals surface area contributed by atoms with Gasteiger partial charge in [-0.1, -0.05) is 6.42 Å². The Kier molecular flexibility index (Phi) is 5.83. The van der Waals surface area contributed by atoms with E-state index in [0.717, 1.165) is 12.6 Å². The molecule has 1 aliphatic carbocycles. The number of thioether (sulfide) groups is 1. The molecular formula is C10H21NOS. The highest BCUT2D eigenvalue weighted by Crippen LogP contribution is 2.24. The Hall–Kier alpha value is 0.270. The highest BCUT2D eigenvalue weighted by molar-refractivity contribution is 7.98. The molecule has 0 aliphatic heterocycles. The Bertz CT molecular complexity index is 128. The molecule has 78 valence electrons. The van der Waals surface area contributed by atoms with Crippen LogP contribution in [0.15, 0.2) is 0 Å². The molecule has 0 atom stereocenters. The van der Waals surface area contributed by atoms with Gasteiger partial charge < -0.3 is 5.11 Å². The maximum atomic E-state index is 8.91. The van der Waals surface area contributed by atoms with Crippen LogP contribution in [0.5, 0.6) is 0 Å². The predicted molar refractivity (Wildman–Crippen MR) is 59.3 cm³/mol. The minimum Gasteiger partial charge on any atom is -0.395 e. The summed E-state index contributed by atoms with van der Waals surface area (Å²) < 4.78 is 0. The van der Waals surface area contributed by atoms with E-state index in [9.17, 15) is 0 Å². The van der Waals surface area contributed by atoms with Gasteiger partial charge in [-0.05, 0) is 37.8 Å². The second-order valence-electron chi connectivity index (χ2n) is 3.69. The lowest BCUT2D eigenvalue weighted by atomic mass is 9.91. The standard InChI is InChI=1S/C10H21NOS/c1-13-9-3-6-11(7-8-12)10-4-2-5-10/h10,12H,2-9H2,1H3. The summed E-state index contributed by atoms with van der Waals surface area (Å²) in [6, 6.07) is 0.786. The molecule has 0 radical (unpaired) electrons. The topological polar surface area (TPSA) is 23.5 Å². The number of rotatable bonds is 7. The van der Waals surface area contributed by atoms with E-state index in [2.05, 4.69) is 11.2 Å². The SMILES string of the molecule is CSCCCN(CCO)C1CCC1. The molecular weight excluding hydrogens is 182 g/mol. The fourth-order valence-corrected chi connectivity index (χ4v) is 2.19. The van der Waals surface area contributed by atoms with Crippen molar-refractivity contribution in [3.8, 4) is 0 Å². The van der Waals surface area contributed by atoms with Crippen molar-refractivity contribution in [3.05, 3.63) is 0 Å². The van der Waals surface area contributed by atoms with E-state index >= 15 is 0 Å². The smallest absolute Gasteiger partial charge is 0.0558 e. The molecule has 0 unspecified atom stereocenters. The number of aliphatic hydroxyl groups excluding tert-OH is 1. The average Bonchev–Trinajstić information content (AvgIpc) is 2.02. The zero-order valence-electron chi connectivity index (χ0n) is 8.54. The van der Waals surface area contributed by atoms with Gasteiger partial charge in [0, 0.05) is 12.6 Å². The van der Waals surface area contributed by atoms with Gasteiger partial charge in [0.25, 0.3) is 0 Å². The van der Waals surface area contributed by atoms with Crippen LogP contribution in [0.1, 0.15) is 25.7 Å². The largest absolute Gasteiger partial charge is 0.395 e. The Morgan fingerprint density at radius 3 is 2.62 bits per heavy atom. The summed E-state index contributed by atoms with van der Waals surface area (Å²) in [7, 11) is 0. The molecule has 1 saturated carbocycles. The molecule has 1 fully saturated rings. The van der Waals surface area contributed by atoms with Crippen LogP contribution in [0.2, 0.25) is 0 Å². The second-order valence-corrected chi connectivity index (χ2v) is 4.68. The normalized spacial score (nSPS) is 17.8. The molecule has 0 aromatic heterocycles. The first-order valence-electron chi connectivity index (χ1n) is 5.22. The van der Waals surface area contributed by atoms with Gasteiger partial charge in [-0.25, -0.2) is 0 Å². The highest BCUT2D eigenvalue weighted by atomic mass is 32.2. The lowest BCUT2D eigenvalue weighted by molar-refractivity contribution is 0.102. The summed E-state index contributed by atoms with van der Waals surface area (Å²) in [6.45, 7) is 2.36. The van der Waals surface area contributed by atoms with Gasteiger partial charge in [0.1, 0.15) is 0 Å². The fraction of sp³-hybridized carbons (Fsp3) is 1.00. The quantitative estimate of drug-likeness (QED) is 0.636. The van der Waals surface area contributed by atoms with E-state index in [4.69, 9.17) is 5.11 Å². The maximum absolute atomic E-state index is 8.91. The van der Waals surface area contributed by atoms with Crippen LogP contribution < -0.4 is 0 Å². The summed E-state index contributed by atoms with van der Waals surface area (Å²) in [5.74, 6) is 1.24. The summed E-state index contributed by atoms with van der Waals surface area (Å²) in [5.41, 5.74) is 0. The molecule has 3 heteroatoms. The molecule has 0 aromatic rings. The van der Waals surface area contributed by atoms with Crippen molar-refractivity contribution in [1.82, 2.24) is 4.90 Å². The van der Waals surface area contributed by atoms with Crippen LogP contribution in [-0.4, -0.2) is 47.8 Å². The third-order valence-corrected chi connectivity index (χ3v) is 3.47. The number of hydrogen-bond donors (Lipinski definition) is 1. The number of hydrogen-bond acceptors (Lipinski definition) is 3. The van der Waals surface area contributed by atoms with E-state index in [1.54, 1.807) is 0 Å². The lowest BCUT2D eigenvalue weighted by Crippen LogP contribution is -2.42. The Labute approximate surface area is 85.7 Å². The second kappa shape index (κ2) is 6.68. The van der Waals surface area contributed by atoms with E-state index in [0.29, 0.717) is 6.61 Å². The maximum Gasteiger partial charge on any atom is 0.0558 e. The predicted octanol–water partition coefficient (Wildman–Crippen LogP) is 1.59. The van der Waals surface area contributed by atoms with Gasteiger partial charge in [-0.15, -0.1) is 0 Å². The van der Waals surface area contributed by atoms with Crippen molar-refractivity contribution in [1.29, 1.82) is 0 Å².